The van der Waals surface area contributed by atoms with Gasteiger partial charge in [0.15, 0.2) is 17.5 Å². The fourth-order valence-electron chi connectivity index (χ4n) is 7.36. The highest BCUT2D eigenvalue weighted by Gasteiger charge is 2.31. The van der Waals surface area contributed by atoms with Gasteiger partial charge in [0.1, 0.15) is 0 Å². The SMILES string of the molecule is c1ccc(-c2nc(-c3ccccc3)nc(-c3ccc(-n4c5c(c6cnccc64)-c4ccccc4N(c4ccccc4)c4ccccc4-5)cc3)n2)cc1. The monoisotopic (exact) mass is 666 g/mol. The van der Waals surface area contributed by atoms with Gasteiger partial charge in [-0.25, -0.2) is 15.0 Å². The highest BCUT2D eigenvalue weighted by Crippen LogP contribution is 2.54. The molecule has 0 spiro atoms. The first-order valence-electron chi connectivity index (χ1n) is 17.3. The predicted octanol–water partition coefficient (Wildman–Crippen LogP) is 11.3. The molecule has 52 heavy (non-hydrogen) atoms. The summed E-state index contributed by atoms with van der Waals surface area (Å²) in [5.74, 6) is 1.90. The van der Waals surface area contributed by atoms with Crippen molar-refractivity contribution in [3.8, 4) is 62.2 Å². The molecule has 6 heteroatoms. The van der Waals surface area contributed by atoms with Crippen molar-refractivity contribution in [2.45, 2.75) is 0 Å². The van der Waals surface area contributed by atoms with E-state index in [0.717, 1.165) is 72.7 Å². The van der Waals surface area contributed by atoms with Crippen LogP contribution in [0.25, 0.3) is 73.1 Å². The summed E-state index contributed by atoms with van der Waals surface area (Å²) in [5.41, 5.74) is 12.8. The molecule has 1 aliphatic rings. The number of anilines is 3. The first kappa shape index (κ1) is 29.7. The lowest BCUT2D eigenvalue weighted by Crippen LogP contribution is -2.11. The standard InChI is InChI=1S/C46H30N6/c1-4-14-31(15-5-1)44-48-45(32-16-6-2-7-17-32)50-46(49-44)33-24-26-35(27-25-33)52-41-28-29-47-30-38(41)42-36-20-10-12-22-39(36)51(34-18-8-3-9-19-34)40-23-13-11-21-37(40)43(42)52/h1-30H. The van der Waals surface area contributed by atoms with Gasteiger partial charge < -0.3 is 9.47 Å². The Hall–Kier alpha value is -7.18. The predicted molar refractivity (Wildman–Crippen MR) is 210 cm³/mol. The average molecular weight is 667 g/mol. The molecule has 1 aliphatic heterocycles. The molecule has 0 saturated carbocycles. The van der Waals surface area contributed by atoms with Gasteiger partial charge >= 0.3 is 0 Å². The fraction of sp³-hybridized carbons (Fsp3) is 0. The van der Waals surface area contributed by atoms with E-state index in [-0.39, 0.29) is 0 Å². The molecule has 6 nitrogen and oxygen atoms in total. The lowest BCUT2D eigenvalue weighted by molar-refractivity contribution is 1.07. The maximum Gasteiger partial charge on any atom is 0.164 e. The van der Waals surface area contributed by atoms with Crippen molar-refractivity contribution < 1.29 is 0 Å². The van der Waals surface area contributed by atoms with Gasteiger partial charge in [-0.05, 0) is 54.6 Å². The number of rotatable bonds is 5. The van der Waals surface area contributed by atoms with Gasteiger partial charge in [-0.2, -0.15) is 0 Å². The molecule has 10 rings (SSSR count). The Balaban J connectivity index is 1.18. The summed E-state index contributed by atoms with van der Waals surface area (Å²) < 4.78 is 2.37. The molecule has 4 heterocycles. The second kappa shape index (κ2) is 12.3. The van der Waals surface area contributed by atoms with Crippen LogP contribution in [0, 0.1) is 0 Å². The topological polar surface area (TPSA) is 59.7 Å². The number of benzene rings is 6. The largest absolute Gasteiger partial charge is 0.309 e. The zero-order valence-corrected chi connectivity index (χ0v) is 28.0. The number of hydrogen-bond acceptors (Lipinski definition) is 5. The van der Waals surface area contributed by atoms with Crippen LogP contribution in [0.15, 0.2) is 182 Å². The molecule has 0 radical (unpaired) electrons. The van der Waals surface area contributed by atoms with Crippen LogP contribution in [0.1, 0.15) is 0 Å². The molecule has 0 N–H and O–H groups in total. The molecule has 6 aromatic carbocycles. The Kier molecular flexibility index (Phi) is 7.03. The van der Waals surface area contributed by atoms with Crippen LogP contribution in [0.4, 0.5) is 17.1 Å². The summed E-state index contributed by atoms with van der Waals surface area (Å²) in [6.07, 6.45) is 3.87. The summed E-state index contributed by atoms with van der Waals surface area (Å²) in [6, 6.07) is 58.8. The van der Waals surface area contributed by atoms with E-state index in [2.05, 4.69) is 124 Å². The maximum atomic E-state index is 4.97. The molecular formula is C46H30N6. The number of pyridine rings is 1. The van der Waals surface area contributed by atoms with Crippen LogP contribution in [-0.2, 0) is 0 Å². The van der Waals surface area contributed by atoms with E-state index < -0.39 is 0 Å². The first-order valence-corrected chi connectivity index (χ1v) is 17.3. The second-order valence-electron chi connectivity index (χ2n) is 12.7. The quantitative estimate of drug-likeness (QED) is 0.183. The van der Waals surface area contributed by atoms with E-state index in [9.17, 15) is 0 Å². The first-order chi connectivity index (χ1) is 25.8. The van der Waals surface area contributed by atoms with Crippen LogP contribution in [0.3, 0.4) is 0 Å². The summed E-state index contributed by atoms with van der Waals surface area (Å²) in [7, 11) is 0. The second-order valence-corrected chi connectivity index (χ2v) is 12.7. The molecule has 0 amide bonds. The number of para-hydroxylation sites is 3. The summed E-state index contributed by atoms with van der Waals surface area (Å²) in [5, 5.41) is 1.09. The third kappa shape index (κ3) is 4.88. The van der Waals surface area contributed by atoms with Gasteiger partial charge in [0, 0.05) is 62.5 Å². The van der Waals surface area contributed by atoms with Gasteiger partial charge in [-0.3, -0.25) is 4.98 Å². The zero-order chi connectivity index (χ0) is 34.4. The highest BCUT2D eigenvalue weighted by atomic mass is 15.2. The van der Waals surface area contributed by atoms with Crippen LogP contribution >= 0.6 is 0 Å². The van der Waals surface area contributed by atoms with Crippen molar-refractivity contribution in [3.05, 3.63) is 182 Å². The molecule has 0 fully saturated rings. The third-order valence-corrected chi connectivity index (χ3v) is 9.68. The number of aromatic nitrogens is 5. The van der Waals surface area contributed by atoms with E-state index in [0.29, 0.717) is 17.5 Å². The van der Waals surface area contributed by atoms with E-state index in [4.69, 9.17) is 15.0 Å². The van der Waals surface area contributed by atoms with Crippen molar-refractivity contribution in [3.63, 3.8) is 0 Å². The molecule has 0 bridgehead atoms. The Morgan fingerprint density at radius 2 is 0.904 bits per heavy atom. The molecule has 244 valence electrons. The molecule has 3 aromatic heterocycles. The van der Waals surface area contributed by atoms with Gasteiger partial charge in [0.25, 0.3) is 0 Å². The van der Waals surface area contributed by atoms with Crippen LogP contribution < -0.4 is 4.90 Å². The average Bonchev–Trinajstić information content (AvgIpc) is 3.51. The Morgan fingerprint density at radius 3 is 1.52 bits per heavy atom. The Morgan fingerprint density at radius 1 is 0.404 bits per heavy atom. The van der Waals surface area contributed by atoms with Crippen molar-refractivity contribution in [1.82, 2.24) is 24.5 Å². The summed E-state index contributed by atoms with van der Waals surface area (Å²) in [6.45, 7) is 0. The summed E-state index contributed by atoms with van der Waals surface area (Å²) >= 11 is 0. The van der Waals surface area contributed by atoms with E-state index in [1.807, 2.05) is 73.1 Å². The number of fused-ring (bicyclic) bond motifs is 7. The minimum atomic E-state index is 0.623. The molecule has 0 atom stereocenters. The highest BCUT2D eigenvalue weighted by molar-refractivity contribution is 6.12. The van der Waals surface area contributed by atoms with Crippen molar-refractivity contribution in [1.29, 1.82) is 0 Å². The third-order valence-electron chi connectivity index (χ3n) is 9.68. The smallest absolute Gasteiger partial charge is 0.164 e. The van der Waals surface area contributed by atoms with E-state index in [1.165, 1.54) is 0 Å². The molecule has 0 saturated heterocycles. The molecule has 0 unspecified atom stereocenters. The van der Waals surface area contributed by atoms with Crippen LogP contribution in [0.5, 0.6) is 0 Å². The van der Waals surface area contributed by atoms with Crippen LogP contribution in [-0.4, -0.2) is 24.5 Å². The molecule has 9 aromatic rings. The Bertz CT molecular complexity index is 2660. The molecular weight excluding hydrogens is 637 g/mol. The molecule has 0 aliphatic carbocycles. The normalized spacial score (nSPS) is 11.8. The zero-order valence-electron chi connectivity index (χ0n) is 28.0. The Labute approximate surface area is 301 Å². The van der Waals surface area contributed by atoms with Gasteiger partial charge in [-0.15, -0.1) is 0 Å². The minimum absolute atomic E-state index is 0.623. The van der Waals surface area contributed by atoms with Crippen molar-refractivity contribution >= 4 is 28.0 Å². The van der Waals surface area contributed by atoms with E-state index >= 15 is 0 Å². The maximum absolute atomic E-state index is 4.97. The van der Waals surface area contributed by atoms with E-state index in [1.54, 1.807) is 0 Å². The summed E-state index contributed by atoms with van der Waals surface area (Å²) in [4.78, 5) is 21.8. The van der Waals surface area contributed by atoms with Gasteiger partial charge in [0.05, 0.1) is 22.6 Å². The minimum Gasteiger partial charge on any atom is -0.309 e. The van der Waals surface area contributed by atoms with Gasteiger partial charge in [0.2, 0.25) is 0 Å². The van der Waals surface area contributed by atoms with Crippen molar-refractivity contribution in [2.24, 2.45) is 0 Å². The van der Waals surface area contributed by atoms with Gasteiger partial charge in [-0.1, -0.05) is 115 Å². The lowest BCUT2D eigenvalue weighted by atomic mass is 9.99. The fourth-order valence-corrected chi connectivity index (χ4v) is 7.36. The van der Waals surface area contributed by atoms with Crippen LogP contribution in [0.2, 0.25) is 0 Å². The number of nitrogens with zero attached hydrogens (tertiary/aromatic N) is 6. The van der Waals surface area contributed by atoms with Crippen molar-refractivity contribution in [2.75, 3.05) is 4.90 Å². The lowest BCUT2D eigenvalue weighted by Gasteiger charge is -2.27. The number of hydrogen-bond donors (Lipinski definition) is 0.